The van der Waals surface area contributed by atoms with Crippen LogP contribution in [0.3, 0.4) is 0 Å². The molecule has 0 bridgehead atoms. The Morgan fingerprint density at radius 3 is 2.62 bits per heavy atom. The zero-order valence-corrected chi connectivity index (χ0v) is 12.3. The van der Waals surface area contributed by atoms with Crippen LogP contribution in [-0.4, -0.2) is 19.0 Å². The standard InChI is InChI=1S/C18H20N2O/c1-3-12-20(17-10-5-4-6-11-17)18(21)14-19-16-9-7-8-15(2)13-16/h3-11,13,19H,1,12,14H2,2H3. The van der Waals surface area contributed by atoms with E-state index in [1.54, 1.807) is 11.0 Å². The first-order chi connectivity index (χ1) is 10.2. The molecule has 108 valence electrons. The van der Waals surface area contributed by atoms with Crippen LogP contribution >= 0.6 is 0 Å². The third-order valence-electron chi connectivity index (χ3n) is 3.14. The lowest BCUT2D eigenvalue weighted by Crippen LogP contribution is -2.35. The van der Waals surface area contributed by atoms with E-state index in [0.29, 0.717) is 6.54 Å². The molecule has 2 rings (SSSR count). The van der Waals surface area contributed by atoms with E-state index in [9.17, 15) is 4.79 Å². The molecule has 0 aromatic heterocycles. The topological polar surface area (TPSA) is 32.3 Å². The van der Waals surface area contributed by atoms with Crippen molar-refractivity contribution in [2.24, 2.45) is 0 Å². The maximum absolute atomic E-state index is 12.4. The molecule has 0 radical (unpaired) electrons. The van der Waals surface area contributed by atoms with E-state index >= 15 is 0 Å². The Morgan fingerprint density at radius 1 is 1.19 bits per heavy atom. The summed E-state index contributed by atoms with van der Waals surface area (Å²) in [6.45, 7) is 6.51. The molecule has 0 unspecified atom stereocenters. The van der Waals surface area contributed by atoms with E-state index in [-0.39, 0.29) is 12.5 Å². The van der Waals surface area contributed by atoms with Gasteiger partial charge in [0.2, 0.25) is 5.91 Å². The number of rotatable bonds is 6. The van der Waals surface area contributed by atoms with Gasteiger partial charge in [-0.2, -0.15) is 0 Å². The number of amides is 1. The van der Waals surface area contributed by atoms with Gasteiger partial charge in [0.15, 0.2) is 0 Å². The third-order valence-corrected chi connectivity index (χ3v) is 3.14. The first kappa shape index (κ1) is 14.9. The SMILES string of the molecule is C=CCN(C(=O)CNc1cccc(C)c1)c1ccccc1. The predicted molar refractivity (Wildman–Crippen MR) is 88.7 cm³/mol. The molecular formula is C18H20N2O. The molecule has 3 nitrogen and oxygen atoms in total. The fourth-order valence-electron chi connectivity index (χ4n) is 2.12. The summed E-state index contributed by atoms with van der Waals surface area (Å²) < 4.78 is 0. The van der Waals surface area contributed by atoms with Crippen LogP contribution in [0.1, 0.15) is 5.56 Å². The maximum atomic E-state index is 12.4. The van der Waals surface area contributed by atoms with Gasteiger partial charge in [-0.3, -0.25) is 4.79 Å². The van der Waals surface area contributed by atoms with Crippen molar-refractivity contribution >= 4 is 17.3 Å². The molecule has 0 aliphatic heterocycles. The number of carbonyl (C=O) groups excluding carboxylic acids is 1. The largest absolute Gasteiger partial charge is 0.376 e. The summed E-state index contributed by atoms with van der Waals surface area (Å²) in [6, 6.07) is 17.6. The van der Waals surface area contributed by atoms with Gasteiger partial charge in [0.05, 0.1) is 6.54 Å². The third kappa shape index (κ3) is 4.21. The summed E-state index contributed by atoms with van der Waals surface area (Å²) in [7, 11) is 0. The smallest absolute Gasteiger partial charge is 0.246 e. The fraction of sp³-hybridized carbons (Fsp3) is 0.167. The Morgan fingerprint density at radius 2 is 1.95 bits per heavy atom. The molecule has 3 heteroatoms. The van der Waals surface area contributed by atoms with Gasteiger partial charge in [0.25, 0.3) is 0 Å². The summed E-state index contributed by atoms with van der Waals surface area (Å²) in [6.07, 6.45) is 1.73. The molecule has 0 aliphatic carbocycles. The lowest BCUT2D eigenvalue weighted by molar-refractivity contribution is -0.116. The molecule has 0 aliphatic rings. The number of benzene rings is 2. The molecule has 1 amide bonds. The van der Waals surface area contributed by atoms with E-state index < -0.39 is 0 Å². The number of hydrogen-bond acceptors (Lipinski definition) is 2. The van der Waals surface area contributed by atoms with E-state index in [2.05, 4.69) is 11.9 Å². The van der Waals surface area contributed by atoms with Gasteiger partial charge in [0.1, 0.15) is 0 Å². The first-order valence-corrected chi connectivity index (χ1v) is 6.97. The summed E-state index contributed by atoms with van der Waals surface area (Å²) in [5, 5.41) is 3.17. The van der Waals surface area contributed by atoms with Gasteiger partial charge < -0.3 is 10.2 Å². The van der Waals surface area contributed by atoms with Crippen molar-refractivity contribution in [3.63, 3.8) is 0 Å². The van der Waals surface area contributed by atoms with Crippen LogP contribution in [0.4, 0.5) is 11.4 Å². The summed E-state index contributed by atoms with van der Waals surface area (Å²) >= 11 is 0. The van der Waals surface area contributed by atoms with Crippen molar-refractivity contribution < 1.29 is 4.79 Å². The molecule has 1 N–H and O–H groups in total. The van der Waals surface area contributed by atoms with Crippen LogP contribution in [0.25, 0.3) is 0 Å². The van der Waals surface area contributed by atoms with E-state index in [0.717, 1.165) is 11.4 Å². The lowest BCUT2D eigenvalue weighted by atomic mass is 10.2. The van der Waals surface area contributed by atoms with Crippen molar-refractivity contribution in [2.75, 3.05) is 23.3 Å². The molecule has 0 fully saturated rings. The zero-order chi connectivity index (χ0) is 15.1. The van der Waals surface area contributed by atoms with Crippen LogP contribution in [-0.2, 0) is 4.79 Å². The molecule has 21 heavy (non-hydrogen) atoms. The van der Waals surface area contributed by atoms with Crippen molar-refractivity contribution in [3.05, 3.63) is 72.8 Å². The average molecular weight is 280 g/mol. The molecule has 0 saturated heterocycles. The van der Waals surface area contributed by atoms with Gasteiger partial charge in [-0.1, -0.05) is 36.4 Å². The predicted octanol–water partition coefficient (Wildman–Crippen LogP) is 3.63. The highest BCUT2D eigenvalue weighted by molar-refractivity contribution is 5.96. The Bertz CT molecular complexity index is 608. The monoisotopic (exact) mass is 280 g/mol. The second kappa shape index (κ2) is 7.29. The van der Waals surface area contributed by atoms with Gasteiger partial charge in [0, 0.05) is 17.9 Å². The number of aryl methyl sites for hydroxylation is 1. The minimum atomic E-state index is 0.0163. The number of anilines is 2. The number of para-hydroxylation sites is 1. The number of nitrogens with one attached hydrogen (secondary N) is 1. The molecule has 0 heterocycles. The molecule has 0 atom stereocenters. The molecule has 0 saturated carbocycles. The van der Waals surface area contributed by atoms with Crippen LogP contribution in [0.2, 0.25) is 0 Å². The molecule has 2 aromatic carbocycles. The molecular weight excluding hydrogens is 260 g/mol. The highest BCUT2D eigenvalue weighted by Gasteiger charge is 2.13. The number of carbonyl (C=O) groups is 1. The molecule has 2 aromatic rings. The van der Waals surface area contributed by atoms with Crippen LogP contribution in [0.15, 0.2) is 67.3 Å². The number of hydrogen-bond donors (Lipinski definition) is 1. The van der Waals surface area contributed by atoms with E-state index in [1.807, 2.05) is 61.5 Å². The Kier molecular flexibility index (Phi) is 5.16. The average Bonchev–Trinajstić information content (AvgIpc) is 2.51. The summed E-state index contributed by atoms with van der Waals surface area (Å²) in [5.74, 6) is 0.0163. The normalized spacial score (nSPS) is 9.95. The first-order valence-electron chi connectivity index (χ1n) is 6.97. The Balaban J connectivity index is 2.04. The quantitative estimate of drug-likeness (QED) is 0.820. The van der Waals surface area contributed by atoms with Crippen molar-refractivity contribution in [1.29, 1.82) is 0 Å². The fourth-order valence-corrected chi connectivity index (χ4v) is 2.12. The lowest BCUT2D eigenvalue weighted by Gasteiger charge is -2.21. The zero-order valence-electron chi connectivity index (χ0n) is 12.3. The van der Waals surface area contributed by atoms with E-state index in [4.69, 9.17) is 0 Å². The van der Waals surface area contributed by atoms with Crippen molar-refractivity contribution in [2.45, 2.75) is 6.92 Å². The minimum Gasteiger partial charge on any atom is -0.376 e. The molecule has 0 spiro atoms. The van der Waals surface area contributed by atoms with Gasteiger partial charge >= 0.3 is 0 Å². The summed E-state index contributed by atoms with van der Waals surface area (Å²) in [5.41, 5.74) is 3.00. The van der Waals surface area contributed by atoms with Gasteiger partial charge in [-0.25, -0.2) is 0 Å². The van der Waals surface area contributed by atoms with E-state index in [1.165, 1.54) is 5.56 Å². The van der Waals surface area contributed by atoms with Gasteiger partial charge in [-0.05, 0) is 36.8 Å². The highest BCUT2D eigenvalue weighted by Crippen LogP contribution is 2.14. The number of nitrogens with zero attached hydrogens (tertiary/aromatic N) is 1. The highest BCUT2D eigenvalue weighted by atomic mass is 16.2. The Labute approximate surface area is 125 Å². The van der Waals surface area contributed by atoms with Crippen molar-refractivity contribution in [3.8, 4) is 0 Å². The second-order valence-corrected chi connectivity index (χ2v) is 4.85. The Hall–Kier alpha value is -2.55. The maximum Gasteiger partial charge on any atom is 0.246 e. The van der Waals surface area contributed by atoms with Crippen LogP contribution in [0, 0.1) is 6.92 Å². The van der Waals surface area contributed by atoms with Crippen molar-refractivity contribution in [1.82, 2.24) is 0 Å². The minimum absolute atomic E-state index is 0.0163. The van der Waals surface area contributed by atoms with Gasteiger partial charge in [-0.15, -0.1) is 6.58 Å². The van der Waals surface area contributed by atoms with Crippen LogP contribution < -0.4 is 10.2 Å². The van der Waals surface area contributed by atoms with Crippen LogP contribution in [0.5, 0.6) is 0 Å². The second-order valence-electron chi connectivity index (χ2n) is 4.85. The summed E-state index contributed by atoms with van der Waals surface area (Å²) in [4.78, 5) is 14.1.